The summed E-state index contributed by atoms with van der Waals surface area (Å²) in [6, 6.07) is 99.1. The molecule has 0 radical (unpaired) electrons. The number of fused-ring (bicyclic) bond motifs is 13. The molecule has 3 nitrogen and oxygen atoms in total. The van der Waals surface area contributed by atoms with E-state index in [-0.39, 0.29) is 10.8 Å². The van der Waals surface area contributed by atoms with Gasteiger partial charge in [-0.2, -0.15) is 0 Å². The summed E-state index contributed by atoms with van der Waals surface area (Å²) in [4.78, 5) is 5.02. The largest absolute Gasteiger partial charge is 0.455 e. The highest BCUT2D eigenvalue weighted by Gasteiger charge is 2.38. The Morgan fingerprint density at radius 2 is 0.716 bits per heavy atom. The number of hydrogen-bond acceptors (Lipinski definition) is 3. The lowest BCUT2D eigenvalue weighted by atomic mass is 9.82. The van der Waals surface area contributed by atoms with Crippen molar-refractivity contribution >= 4 is 88.4 Å². The summed E-state index contributed by atoms with van der Waals surface area (Å²) in [7, 11) is 0. The molecule has 13 aromatic carbocycles. The third kappa shape index (κ3) is 7.14. The van der Waals surface area contributed by atoms with Crippen LogP contribution in [0.15, 0.2) is 271 Å². The van der Waals surface area contributed by atoms with Crippen LogP contribution in [0.5, 0.6) is 0 Å². The minimum atomic E-state index is -0.199. The molecule has 3 heteroatoms. The maximum Gasteiger partial charge on any atom is 0.143 e. The Labute approximate surface area is 472 Å². The van der Waals surface area contributed by atoms with Crippen molar-refractivity contribution in [3.63, 3.8) is 0 Å². The second kappa shape index (κ2) is 17.8. The molecular weight excluding hydrogens is 981 g/mol. The van der Waals surface area contributed by atoms with Crippen molar-refractivity contribution in [3.05, 3.63) is 289 Å². The number of para-hydroxylation sites is 1. The Morgan fingerprint density at radius 3 is 1.33 bits per heavy atom. The van der Waals surface area contributed by atoms with Crippen LogP contribution in [-0.2, 0) is 10.8 Å². The summed E-state index contributed by atoms with van der Waals surface area (Å²) in [5.41, 5.74) is 23.2. The predicted molar refractivity (Wildman–Crippen MR) is 342 cm³/mol. The first-order valence-electron chi connectivity index (χ1n) is 28.3. The highest BCUT2D eigenvalue weighted by atomic mass is 16.3. The molecular formula is C78H56N2O. The summed E-state index contributed by atoms with van der Waals surface area (Å²) >= 11 is 0. The molecule has 384 valence electrons. The summed E-state index contributed by atoms with van der Waals surface area (Å²) < 4.78 is 6.58. The van der Waals surface area contributed by atoms with Gasteiger partial charge in [0.05, 0.1) is 17.1 Å². The van der Waals surface area contributed by atoms with E-state index in [1.165, 1.54) is 71.6 Å². The van der Waals surface area contributed by atoms with Crippen LogP contribution in [0.1, 0.15) is 49.9 Å². The normalized spacial score (nSPS) is 13.6. The maximum atomic E-state index is 6.58. The van der Waals surface area contributed by atoms with Crippen molar-refractivity contribution in [3.8, 4) is 44.5 Å². The van der Waals surface area contributed by atoms with Gasteiger partial charge in [-0.1, -0.05) is 228 Å². The van der Waals surface area contributed by atoms with Gasteiger partial charge in [0.25, 0.3) is 0 Å². The van der Waals surface area contributed by atoms with E-state index in [4.69, 9.17) is 4.42 Å². The van der Waals surface area contributed by atoms with Crippen LogP contribution in [-0.4, -0.2) is 0 Å². The van der Waals surface area contributed by atoms with Crippen molar-refractivity contribution in [2.75, 3.05) is 9.80 Å². The van der Waals surface area contributed by atoms with Gasteiger partial charge >= 0.3 is 0 Å². The lowest BCUT2D eigenvalue weighted by Crippen LogP contribution is -2.18. The number of hydrogen-bond donors (Lipinski definition) is 0. The number of benzene rings is 13. The Bertz CT molecular complexity index is 4890. The molecule has 81 heavy (non-hydrogen) atoms. The van der Waals surface area contributed by atoms with Gasteiger partial charge in [0.1, 0.15) is 11.2 Å². The van der Waals surface area contributed by atoms with Crippen LogP contribution < -0.4 is 9.80 Å². The van der Waals surface area contributed by atoms with Gasteiger partial charge in [0.2, 0.25) is 0 Å². The minimum Gasteiger partial charge on any atom is -0.455 e. The molecule has 2 aliphatic carbocycles. The molecule has 0 saturated heterocycles. The second-order valence-corrected chi connectivity index (χ2v) is 23.2. The Balaban J connectivity index is 0.951. The summed E-state index contributed by atoms with van der Waals surface area (Å²) in [5.74, 6) is 0. The van der Waals surface area contributed by atoms with Crippen LogP contribution in [0, 0.1) is 0 Å². The fourth-order valence-electron chi connectivity index (χ4n) is 14.0. The average molecular weight is 1040 g/mol. The van der Waals surface area contributed by atoms with Crippen LogP contribution >= 0.6 is 0 Å². The molecule has 16 rings (SSSR count). The molecule has 0 fully saturated rings. The van der Waals surface area contributed by atoms with Gasteiger partial charge in [-0.05, 0) is 144 Å². The van der Waals surface area contributed by atoms with Gasteiger partial charge in [0, 0.05) is 60.4 Å². The third-order valence-electron chi connectivity index (χ3n) is 18.0. The number of anilines is 6. The monoisotopic (exact) mass is 1040 g/mol. The molecule has 0 saturated carbocycles. The Morgan fingerprint density at radius 1 is 0.272 bits per heavy atom. The van der Waals surface area contributed by atoms with Gasteiger partial charge in [0.15, 0.2) is 0 Å². The molecule has 0 aliphatic heterocycles. The lowest BCUT2D eigenvalue weighted by Gasteiger charge is -2.33. The zero-order valence-electron chi connectivity index (χ0n) is 45.7. The van der Waals surface area contributed by atoms with Crippen molar-refractivity contribution in [1.29, 1.82) is 0 Å². The van der Waals surface area contributed by atoms with Crippen molar-refractivity contribution in [2.24, 2.45) is 0 Å². The van der Waals surface area contributed by atoms with Crippen LogP contribution in [0.3, 0.4) is 0 Å². The van der Waals surface area contributed by atoms with Crippen molar-refractivity contribution in [1.82, 2.24) is 0 Å². The topological polar surface area (TPSA) is 19.6 Å². The van der Waals surface area contributed by atoms with E-state index in [9.17, 15) is 0 Å². The van der Waals surface area contributed by atoms with Gasteiger partial charge in [-0.15, -0.1) is 0 Å². The van der Waals surface area contributed by atoms with E-state index in [0.717, 1.165) is 83.5 Å². The molecule has 14 aromatic rings. The molecule has 0 unspecified atom stereocenters. The molecule has 0 amide bonds. The number of rotatable bonds is 8. The fourth-order valence-corrected chi connectivity index (χ4v) is 14.0. The molecule has 0 bridgehead atoms. The molecule has 0 atom stereocenters. The van der Waals surface area contributed by atoms with Gasteiger partial charge in [-0.3, -0.25) is 0 Å². The molecule has 1 heterocycles. The molecule has 0 spiro atoms. The standard InChI is InChI=1S/C78H56N2O/c1-77(2)68-30-14-11-26-59(68)61-42-39-54(46-70(61)77)79(72-32-17-21-49-19-5-7-23-56(49)72)53-41-44-74(66(45-53)52-37-35-51(36-38-52)65-48-67-63-28-13-16-34-75(63)81-76(67)64-29-10-9-25-58(64)65)80(73-33-18-22-50-20-6-8-24-57(50)73)55-40-43-62-60-27-12-15-31-69(60)78(3,4)71(62)47-55/h5-48H,1-4H3. The minimum absolute atomic E-state index is 0.186. The van der Waals surface area contributed by atoms with E-state index >= 15 is 0 Å². The van der Waals surface area contributed by atoms with Crippen LogP contribution in [0.4, 0.5) is 34.1 Å². The van der Waals surface area contributed by atoms with Gasteiger partial charge < -0.3 is 14.2 Å². The predicted octanol–water partition coefficient (Wildman–Crippen LogP) is 21.9. The Kier molecular flexibility index (Phi) is 10.3. The molecule has 0 N–H and O–H groups in total. The number of furan rings is 1. The average Bonchev–Trinajstić information content (AvgIpc) is 4.31. The first-order chi connectivity index (χ1) is 39.7. The lowest BCUT2D eigenvalue weighted by molar-refractivity contribution is 0.660. The second-order valence-electron chi connectivity index (χ2n) is 23.2. The summed E-state index contributed by atoms with van der Waals surface area (Å²) in [5, 5.41) is 9.27. The molecule has 2 aliphatic rings. The first kappa shape index (κ1) is 47.1. The zero-order valence-corrected chi connectivity index (χ0v) is 45.7. The quantitative estimate of drug-likeness (QED) is 0.151. The van der Waals surface area contributed by atoms with E-state index in [1.54, 1.807) is 0 Å². The van der Waals surface area contributed by atoms with Crippen LogP contribution in [0.2, 0.25) is 0 Å². The highest BCUT2D eigenvalue weighted by molar-refractivity contribution is 6.19. The van der Waals surface area contributed by atoms with Crippen LogP contribution in [0.25, 0.3) is 98.8 Å². The zero-order chi connectivity index (χ0) is 54.1. The Hall–Kier alpha value is -9.96. The SMILES string of the molecule is CC1(C)c2ccccc2-c2ccc(N(c3ccc(N(c4ccc5c(c4)C(C)(C)c4ccccc4-5)c4cccc5ccccc45)c(-c4ccc(-c5cc6c7ccccc7oc6c6ccccc56)cc4)c3)c3cccc4ccccc34)cc21. The van der Waals surface area contributed by atoms with E-state index < -0.39 is 0 Å². The smallest absolute Gasteiger partial charge is 0.143 e. The third-order valence-corrected chi connectivity index (χ3v) is 18.0. The molecule has 1 aromatic heterocycles. The summed E-state index contributed by atoms with van der Waals surface area (Å²) in [6.45, 7) is 9.50. The maximum absolute atomic E-state index is 6.58. The van der Waals surface area contributed by atoms with Gasteiger partial charge in [-0.25, -0.2) is 0 Å². The first-order valence-corrected chi connectivity index (χ1v) is 28.3. The van der Waals surface area contributed by atoms with Crippen molar-refractivity contribution < 1.29 is 4.42 Å². The van der Waals surface area contributed by atoms with Crippen molar-refractivity contribution in [2.45, 2.75) is 38.5 Å². The van der Waals surface area contributed by atoms with E-state index in [2.05, 4.69) is 298 Å². The van der Waals surface area contributed by atoms with E-state index in [0.29, 0.717) is 0 Å². The highest BCUT2D eigenvalue weighted by Crippen LogP contribution is 2.55. The summed E-state index contributed by atoms with van der Waals surface area (Å²) in [6.07, 6.45) is 0. The van der Waals surface area contributed by atoms with E-state index in [1.807, 2.05) is 6.07 Å². The number of nitrogens with zero attached hydrogens (tertiary/aromatic N) is 2. The fraction of sp³-hybridized carbons (Fsp3) is 0.0769.